The highest BCUT2D eigenvalue weighted by Crippen LogP contribution is 2.26. The van der Waals surface area contributed by atoms with Crippen molar-refractivity contribution in [2.75, 3.05) is 20.1 Å². The molecular formula is C11H24N2. The van der Waals surface area contributed by atoms with E-state index in [0.717, 1.165) is 5.92 Å². The molecule has 0 aliphatic carbocycles. The molecule has 1 aliphatic rings. The van der Waals surface area contributed by atoms with E-state index in [1.807, 2.05) is 0 Å². The molecule has 1 fully saturated rings. The number of rotatable bonds is 3. The Morgan fingerprint density at radius 3 is 2.54 bits per heavy atom. The molecule has 0 amide bonds. The number of hydrogen-bond acceptors (Lipinski definition) is 2. The Hall–Kier alpha value is -0.0800. The summed E-state index contributed by atoms with van der Waals surface area (Å²) in [5, 5.41) is 6.87. The van der Waals surface area contributed by atoms with Gasteiger partial charge in [-0.25, -0.2) is 0 Å². The summed E-state index contributed by atoms with van der Waals surface area (Å²) in [6.07, 6.45) is 2.67. The van der Waals surface area contributed by atoms with Gasteiger partial charge in [0.25, 0.3) is 0 Å². The van der Waals surface area contributed by atoms with Crippen LogP contribution in [0.5, 0.6) is 0 Å². The Kier molecular flexibility index (Phi) is 3.74. The summed E-state index contributed by atoms with van der Waals surface area (Å²) in [7, 11) is 2.08. The lowest BCUT2D eigenvalue weighted by molar-refractivity contribution is 0.240. The van der Waals surface area contributed by atoms with E-state index in [0.29, 0.717) is 11.5 Å². The van der Waals surface area contributed by atoms with Gasteiger partial charge in [0.1, 0.15) is 0 Å². The fraction of sp³-hybridized carbons (Fsp3) is 1.00. The summed E-state index contributed by atoms with van der Waals surface area (Å²) >= 11 is 0. The van der Waals surface area contributed by atoms with E-state index in [2.05, 4.69) is 38.5 Å². The lowest BCUT2D eigenvalue weighted by Gasteiger charge is -2.32. The summed E-state index contributed by atoms with van der Waals surface area (Å²) < 4.78 is 0. The van der Waals surface area contributed by atoms with Gasteiger partial charge in [-0.15, -0.1) is 0 Å². The van der Waals surface area contributed by atoms with Crippen molar-refractivity contribution in [3.05, 3.63) is 0 Å². The first-order valence-corrected chi connectivity index (χ1v) is 5.42. The Balaban J connectivity index is 2.39. The van der Waals surface area contributed by atoms with Crippen LogP contribution in [-0.2, 0) is 0 Å². The summed E-state index contributed by atoms with van der Waals surface area (Å²) in [6.45, 7) is 9.38. The van der Waals surface area contributed by atoms with Crippen LogP contribution in [0.25, 0.3) is 0 Å². The van der Waals surface area contributed by atoms with Gasteiger partial charge in [0.05, 0.1) is 0 Å². The fourth-order valence-corrected chi connectivity index (χ4v) is 2.15. The van der Waals surface area contributed by atoms with Crippen molar-refractivity contribution < 1.29 is 0 Å². The molecule has 78 valence electrons. The van der Waals surface area contributed by atoms with Crippen LogP contribution in [0.1, 0.15) is 33.6 Å². The first kappa shape index (κ1) is 11.0. The summed E-state index contributed by atoms with van der Waals surface area (Å²) in [5.74, 6) is 0.886. The first-order valence-electron chi connectivity index (χ1n) is 5.42. The maximum absolute atomic E-state index is 3.44. The van der Waals surface area contributed by atoms with Gasteiger partial charge >= 0.3 is 0 Å². The molecule has 1 saturated heterocycles. The van der Waals surface area contributed by atoms with Gasteiger partial charge in [-0.05, 0) is 44.3 Å². The lowest BCUT2D eigenvalue weighted by Crippen LogP contribution is -2.39. The third-order valence-electron chi connectivity index (χ3n) is 3.13. The van der Waals surface area contributed by atoms with Gasteiger partial charge in [-0.3, -0.25) is 0 Å². The highest BCUT2D eigenvalue weighted by Gasteiger charge is 2.27. The largest absolute Gasteiger partial charge is 0.316 e. The monoisotopic (exact) mass is 184 g/mol. The molecule has 2 N–H and O–H groups in total. The van der Waals surface area contributed by atoms with Crippen molar-refractivity contribution in [2.24, 2.45) is 11.3 Å². The zero-order valence-electron chi connectivity index (χ0n) is 9.48. The SMILES string of the molecule is CNC(CC1CCNC1)C(C)(C)C. The second kappa shape index (κ2) is 4.43. The van der Waals surface area contributed by atoms with Crippen molar-refractivity contribution in [1.29, 1.82) is 0 Å². The Labute approximate surface area is 82.5 Å². The topological polar surface area (TPSA) is 24.1 Å². The molecule has 0 aromatic heterocycles. The second-order valence-corrected chi connectivity index (χ2v) is 5.30. The molecule has 0 saturated carbocycles. The molecular weight excluding hydrogens is 160 g/mol. The molecule has 0 bridgehead atoms. The van der Waals surface area contributed by atoms with E-state index in [-0.39, 0.29) is 0 Å². The minimum Gasteiger partial charge on any atom is -0.316 e. The van der Waals surface area contributed by atoms with Crippen molar-refractivity contribution in [3.8, 4) is 0 Å². The van der Waals surface area contributed by atoms with Crippen molar-refractivity contribution in [1.82, 2.24) is 10.6 Å². The van der Waals surface area contributed by atoms with Crippen LogP contribution >= 0.6 is 0 Å². The summed E-state index contributed by atoms with van der Waals surface area (Å²) in [5.41, 5.74) is 0.386. The van der Waals surface area contributed by atoms with Crippen molar-refractivity contribution in [2.45, 2.75) is 39.7 Å². The third-order valence-corrected chi connectivity index (χ3v) is 3.13. The predicted molar refractivity (Wildman–Crippen MR) is 57.9 cm³/mol. The van der Waals surface area contributed by atoms with Gasteiger partial charge in [-0.1, -0.05) is 20.8 Å². The lowest BCUT2D eigenvalue weighted by atomic mass is 9.81. The average molecular weight is 184 g/mol. The van der Waals surface area contributed by atoms with E-state index in [1.54, 1.807) is 0 Å². The molecule has 1 rings (SSSR count). The van der Waals surface area contributed by atoms with Crippen molar-refractivity contribution in [3.63, 3.8) is 0 Å². The van der Waals surface area contributed by atoms with Crippen LogP contribution in [0.4, 0.5) is 0 Å². The van der Waals surface area contributed by atoms with Crippen LogP contribution in [-0.4, -0.2) is 26.2 Å². The van der Waals surface area contributed by atoms with Crippen LogP contribution in [0.15, 0.2) is 0 Å². The minimum atomic E-state index is 0.386. The van der Waals surface area contributed by atoms with E-state index in [4.69, 9.17) is 0 Å². The molecule has 1 aliphatic heterocycles. The molecule has 1 heterocycles. The van der Waals surface area contributed by atoms with Gasteiger partial charge in [0, 0.05) is 6.04 Å². The highest BCUT2D eigenvalue weighted by atomic mass is 14.9. The molecule has 2 unspecified atom stereocenters. The maximum Gasteiger partial charge on any atom is 0.0116 e. The predicted octanol–water partition coefficient (Wildman–Crippen LogP) is 1.62. The fourth-order valence-electron chi connectivity index (χ4n) is 2.15. The van der Waals surface area contributed by atoms with Gasteiger partial charge in [0.15, 0.2) is 0 Å². The highest BCUT2D eigenvalue weighted by molar-refractivity contribution is 4.84. The maximum atomic E-state index is 3.44. The standard InChI is InChI=1S/C11H24N2/c1-11(2,3)10(12-4)7-9-5-6-13-8-9/h9-10,12-13H,5-8H2,1-4H3. The molecule has 0 aromatic carbocycles. The third kappa shape index (κ3) is 3.28. The summed E-state index contributed by atoms with van der Waals surface area (Å²) in [6, 6.07) is 0.650. The van der Waals surface area contributed by atoms with Crippen LogP contribution in [0, 0.1) is 11.3 Å². The number of nitrogens with one attached hydrogen (secondary N) is 2. The molecule has 13 heavy (non-hydrogen) atoms. The van der Waals surface area contributed by atoms with E-state index in [9.17, 15) is 0 Å². The van der Waals surface area contributed by atoms with E-state index >= 15 is 0 Å². The molecule has 2 atom stereocenters. The first-order chi connectivity index (χ1) is 6.04. The normalized spacial score (nSPS) is 26.3. The molecule has 0 aromatic rings. The quantitative estimate of drug-likeness (QED) is 0.696. The van der Waals surface area contributed by atoms with Crippen LogP contribution < -0.4 is 10.6 Å². The van der Waals surface area contributed by atoms with Gasteiger partial charge < -0.3 is 10.6 Å². The van der Waals surface area contributed by atoms with Gasteiger partial charge in [-0.2, -0.15) is 0 Å². The Morgan fingerprint density at radius 1 is 1.46 bits per heavy atom. The molecule has 2 nitrogen and oxygen atoms in total. The number of hydrogen-bond donors (Lipinski definition) is 2. The molecule has 0 spiro atoms. The smallest absolute Gasteiger partial charge is 0.0116 e. The molecule has 2 heteroatoms. The molecule has 0 radical (unpaired) electrons. The van der Waals surface area contributed by atoms with Crippen LogP contribution in [0.2, 0.25) is 0 Å². The zero-order chi connectivity index (χ0) is 9.90. The van der Waals surface area contributed by atoms with Crippen LogP contribution in [0.3, 0.4) is 0 Å². The second-order valence-electron chi connectivity index (χ2n) is 5.30. The summed E-state index contributed by atoms with van der Waals surface area (Å²) in [4.78, 5) is 0. The van der Waals surface area contributed by atoms with E-state index in [1.165, 1.54) is 25.9 Å². The zero-order valence-corrected chi connectivity index (χ0v) is 9.48. The minimum absolute atomic E-state index is 0.386. The Bertz CT molecular complexity index is 143. The van der Waals surface area contributed by atoms with Crippen molar-refractivity contribution >= 4 is 0 Å². The Morgan fingerprint density at radius 2 is 2.15 bits per heavy atom. The average Bonchev–Trinajstić information content (AvgIpc) is 2.49. The van der Waals surface area contributed by atoms with Gasteiger partial charge in [0.2, 0.25) is 0 Å². The van der Waals surface area contributed by atoms with E-state index < -0.39 is 0 Å².